The Morgan fingerprint density at radius 1 is 0.950 bits per heavy atom. The van der Waals surface area contributed by atoms with Gasteiger partial charge in [-0.1, -0.05) is 6.07 Å². The van der Waals surface area contributed by atoms with Crippen molar-refractivity contribution in [2.45, 2.75) is 11.8 Å². The highest BCUT2D eigenvalue weighted by molar-refractivity contribution is 7.92. The van der Waals surface area contributed by atoms with Crippen LogP contribution in [-0.2, 0) is 10.0 Å². The van der Waals surface area contributed by atoms with Crippen molar-refractivity contribution in [2.24, 2.45) is 0 Å². The van der Waals surface area contributed by atoms with Crippen LogP contribution in [0.4, 0.5) is 29.2 Å². The lowest BCUT2D eigenvalue weighted by molar-refractivity contribution is 0.521. The molecule has 0 saturated heterocycles. The van der Waals surface area contributed by atoms with Crippen molar-refractivity contribution >= 4 is 33.0 Å². The zero-order chi connectivity index (χ0) is 28.6. The van der Waals surface area contributed by atoms with Gasteiger partial charge in [-0.2, -0.15) is 0 Å². The van der Waals surface area contributed by atoms with Crippen LogP contribution in [-0.4, -0.2) is 35.4 Å². The van der Waals surface area contributed by atoms with Crippen LogP contribution in [0.2, 0.25) is 0 Å². The molecule has 0 aliphatic carbocycles. The van der Waals surface area contributed by atoms with E-state index >= 15 is 4.39 Å². The van der Waals surface area contributed by atoms with Gasteiger partial charge in [-0.25, -0.2) is 40.9 Å². The third-order valence-corrected chi connectivity index (χ3v) is 8.14. The highest BCUT2D eigenvalue weighted by atomic mass is 32.2. The number of nitrogens with zero attached hydrogens (tertiary/aromatic N) is 4. The van der Waals surface area contributed by atoms with Crippen LogP contribution in [0, 0.1) is 30.2 Å². The van der Waals surface area contributed by atoms with Gasteiger partial charge in [0, 0.05) is 30.6 Å². The fourth-order valence-corrected chi connectivity index (χ4v) is 6.10. The smallest absolute Gasteiger partial charge is 0.267 e. The Labute approximate surface area is 229 Å². The molecule has 3 heterocycles. The van der Waals surface area contributed by atoms with Gasteiger partial charge in [0.05, 0.1) is 28.1 Å². The summed E-state index contributed by atoms with van der Waals surface area (Å²) in [6.07, 6.45) is 3.90. The predicted molar refractivity (Wildman–Crippen MR) is 143 cm³/mol. The van der Waals surface area contributed by atoms with Crippen molar-refractivity contribution in [3.63, 3.8) is 0 Å². The number of hydrogen-bond donors (Lipinski definition) is 2. The SMILES string of the molecule is CNc1nccc(-c2sc(-c3cncc(F)c3)nc2-c2cc(C)cc(NS(=O)(=O)c3c(F)cccc3F)c2F)n1. The average molecular weight is 587 g/mol. The van der Waals surface area contributed by atoms with Gasteiger partial charge in [0.2, 0.25) is 5.95 Å². The van der Waals surface area contributed by atoms with E-state index in [1.807, 2.05) is 4.72 Å². The lowest BCUT2D eigenvalue weighted by atomic mass is 10.0. The standard InChI is InChI=1S/C26H18F4N6O2S2/c1-13-8-16(21(30)20(9-13)36-40(37,38)24-17(28)4-3-5-18(24)29)22-23(19-6-7-33-26(31-2)34-19)39-25(35-22)14-10-15(27)12-32-11-14/h3-12,36H,1-2H3,(H,31,33,34). The molecule has 0 aliphatic heterocycles. The lowest BCUT2D eigenvalue weighted by Gasteiger charge is -2.14. The molecule has 5 rings (SSSR count). The fourth-order valence-electron chi connectivity index (χ4n) is 3.88. The summed E-state index contributed by atoms with van der Waals surface area (Å²) in [6.45, 7) is 1.58. The van der Waals surface area contributed by atoms with E-state index in [2.05, 4.69) is 25.3 Å². The molecule has 2 N–H and O–H groups in total. The Kier molecular flexibility index (Phi) is 7.21. The molecule has 204 valence electrons. The number of thiazole rings is 1. The number of nitrogens with one attached hydrogen (secondary N) is 2. The molecule has 3 aromatic heterocycles. The molecule has 0 amide bonds. The second-order valence-corrected chi connectivity index (χ2v) is 11.1. The number of hydrogen-bond acceptors (Lipinski definition) is 8. The molecule has 0 atom stereocenters. The molecule has 0 spiro atoms. The first-order valence-corrected chi connectivity index (χ1v) is 13.8. The number of benzene rings is 2. The maximum absolute atomic E-state index is 16.0. The van der Waals surface area contributed by atoms with E-state index in [-0.39, 0.29) is 22.2 Å². The van der Waals surface area contributed by atoms with Crippen molar-refractivity contribution in [1.29, 1.82) is 0 Å². The van der Waals surface area contributed by atoms with Crippen LogP contribution in [0.3, 0.4) is 0 Å². The Morgan fingerprint density at radius 3 is 2.40 bits per heavy atom. The van der Waals surface area contributed by atoms with Crippen LogP contribution in [0.1, 0.15) is 5.56 Å². The molecule has 0 aliphatic rings. The third kappa shape index (κ3) is 5.22. The van der Waals surface area contributed by atoms with E-state index < -0.39 is 43.9 Å². The predicted octanol–water partition coefficient (Wildman–Crippen LogP) is 6.04. The minimum atomic E-state index is -4.86. The van der Waals surface area contributed by atoms with Gasteiger partial charge >= 0.3 is 0 Å². The molecule has 0 unspecified atom stereocenters. The molecule has 0 fully saturated rings. The van der Waals surface area contributed by atoms with Gasteiger partial charge in [-0.3, -0.25) is 9.71 Å². The molecule has 5 aromatic rings. The zero-order valence-electron chi connectivity index (χ0n) is 20.7. The van der Waals surface area contributed by atoms with Crippen molar-refractivity contribution in [2.75, 3.05) is 17.1 Å². The molecule has 0 bridgehead atoms. The zero-order valence-corrected chi connectivity index (χ0v) is 22.3. The second kappa shape index (κ2) is 10.6. The van der Waals surface area contributed by atoms with E-state index in [4.69, 9.17) is 0 Å². The first-order chi connectivity index (χ1) is 19.1. The number of rotatable bonds is 7. The number of aromatic nitrogens is 4. The Balaban J connectivity index is 1.69. The summed E-state index contributed by atoms with van der Waals surface area (Å²) in [4.78, 5) is 16.0. The Morgan fingerprint density at radius 2 is 1.70 bits per heavy atom. The molecule has 2 aromatic carbocycles. The summed E-state index contributed by atoms with van der Waals surface area (Å²) in [5, 5.41) is 3.10. The van der Waals surface area contributed by atoms with Crippen molar-refractivity contribution in [3.8, 4) is 32.4 Å². The minimum Gasteiger partial charge on any atom is -0.357 e. The minimum absolute atomic E-state index is 0.0729. The second-order valence-electron chi connectivity index (χ2n) is 8.43. The van der Waals surface area contributed by atoms with E-state index in [9.17, 15) is 21.6 Å². The number of halogens is 4. The van der Waals surface area contributed by atoms with Gasteiger partial charge in [0.15, 0.2) is 10.7 Å². The van der Waals surface area contributed by atoms with Crippen LogP contribution in [0.15, 0.2) is 66.0 Å². The topological polar surface area (TPSA) is 110 Å². The molecule has 8 nitrogen and oxygen atoms in total. The first-order valence-electron chi connectivity index (χ1n) is 11.5. The monoisotopic (exact) mass is 586 g/mol. The van der Waals surface area contributed by atoms with Crippen molar-refractivity contribution in [3.05, 3.63) is 89.9 Å². The number of sulfonamides is 1. The molecule has 14 heteroatoms. The van der Waals surface area contributed by atoms with Gasteiger partial charge in [-0.05, 0) is 48.9 Å². The first kappa shape index (κ1) is 27.1. The molecular formula is C26H18F4N6O2S2. The summed E-state index contributed by atoms with van der Waals surface area (Å²) in [7, 11) is -3.24. The van der Waals surface area contributed by atoms with E-state index in [1.54, 1.807) is 20.0 Å². The summed E-state index contributed by atoms with van der Waals surface area (Å²) >= 11 is 1.08. The van der Waals surface area contributed by atoms with Crippen LogP contribution < -0.4 is 10.0 Å². The maximum Gasteiger partial charge on any atom is 0.267 e. The van der Waals surface area contributed by atoms with Crippen molar-refractivity contribution < 1.29 is 26.0 Å². The fraction of sp³-hybridized carbons (Fsp3) is 0.0769. The Hall–Kier alpha value is -4.43. The summed E-state index contributed by atoms with van der Waals surface area (Å²) < 4.78 is 86.2. The largest absolute Gasteiger partial charge is 0.357 e. The van der Waals surface area contributed by atoms with Crippen LogP contribution in [0.25, 0.3) is 32.4 Å². The quantitative estimate of drug-likeness (QED) is 0.224. The van der Waals surface area contributed by atoms with Gasteiger partial charge in [-0.15, -0.1) is 11.3 Å². The van der Waals surface area contributed by atoms with Gasteiger partial charge in [0.1, 0.15) is 22.5 Å². The van der Waals surface area contributed by atoms with E-state index in [0.29, 0.717) is 21.7 Å². The number of aryl methyl sites for hydroxylation is 1. The third-order valence-electron chi connectivity index (χ3n) is 5.59. The highest BCUT2D eigenvalue weighted by Crippen LogP contribution is 2.42. The molecular weight excluding hydrogens is 568 g/mol. The normalized spacial score (nSPS) is 11.4. The average Bonchev–Trinajstić information content (AvgIpc) is 3.35. The van der Waals surface area contributed by atoms with Gasteiger partial charge < -0.3 is 5.32 Å². The molecule has 40 heavy (non-hydrogen) atoms. The lowest BCUT2D eigenvalue weighted by Crippen LogP contribution is -2.17. The van der Waals surface area contributed by atoms with Crippen LogP contribution in [0.5, 0.6) is 0 Å². The van der Waals surface area contributed by atoms with E-state index in [1.165, 1.54) is 30.6 Å². The summed E-state index contributed by atoms with van der Waals surface area (Å²) in [6, 6.07) is 7.97. The highest BCUT2D eigenvalue weighted by Gasteiger charge is 2.27. The summed E-state index contributed by atoms with van der Waals surface area (Å²) in [5.41, 5.74) is 0.490. The van der Waals surface area contributed by atoms with Crippen molar-refractivity contribution in [1.82, 2.24) is 19.9 Å². The Bertz CT molecular complexity index is 1840. The number of pyridine rings is 1. The summed E-state index contributed by atoms with van der Waals surface area (Å²) in [5.74, 6) is -4.05. The molecule has 0 radical (unpaired) electrons. The van der Waals surface area contributed by atoms with E-state index in [0.717, 1.165) is 35.7 Å². The maximum atomic E-state index is 16.0. The number of anilines is 2. The van der Waals surface area contributed by atoms with Crippen LogP contribution >= 0.6 is 11.3 Å². The van der Waals surface area contributed by atoms with Gasteiger partial charge in [0.25, 0.3) is 10.0 Å². The molecule has 0 saturated carbocycles.